The molecule has 2 rings (SSSR count). The second-order valence-electron chi connectivity index (χ2n) is 4.86. The predicted octanol–water partition coefficient (Wildman–Crippen LogP) is 2.08. The number of primary amides is 1. The highest BCUT2D eigenvalue weighted by molar-refractivity contribution is 7.99. The first-order valence-corrected chi connectivity index (χ1v) is 7.85. The third-order valence-electron chi connectivity index (χ3n) is 3.14. The Morgan fingerprint density at radius 1 is 1.36 bits per heavy atom. The second-order valence-corrected chi connectivity index (χ2v) is 6.19. The fourth-order valence-corrected chi connectivity index (χ4v) is 2.70. The number of anilines is 1. The molecule has 0 aliphatic heterocycles. The lowest BCUT2D eigenvalue weighted by molar-refractivity contribution is -0.115. The van der Waals surface area contributed by atoms with E-state index in [0.29, 0.717) is 11.4 Å². The Balaban J connectivity index is 1.97. The molecule has 1 aromatic carbocycles. The van der Waals surface area contributed by atoms with E-state index in [-0.39, 0.29) is 16.9 Å². The lowest BCUT2D eigenvalue weighted by Gasteiger charge is -2.12. The summed E-state index contributed by atoms with van der Waals surface area (Å²) in [7, 11) is 0. The number of rotatable bonds is 6. The molecule has 1 aromatic heterocycles. The maximum atomic E-state index is 12.2. The maximum Gasteiger partial charge on any atom is 0.271 e. The maximum absolute atomic E-state index is 12.2. The molecule has 0 aliphatic carbocycles. The van der Waals surface area contributed by atoms with Crippen LogP contribution in [0.25, 0.3) is 0 Å². The number of amides is 2. The number of benzene rings is 1. The van der Waals surface area contributed by atoms with E-state index < -0.39 is 5.91 Å². The van der Waals surface area contributed by atoms with Crippen molar-refractivity contribution in [2.24, 2.45) is 5.73 Å². The van der Waals surface area contributed by atoms with E-state index >= 15 is 0 Å². The highest BCUT2D eigenvalue weighted by Gasteiger charge is 2.20. The molecule has 1 atom stereocenters. The van der Waals surface area contributed by atoms with Gasteiger partial charge in [0.05, 0.1) is 16.6 Å². The van der Waals surface area contributed by atoms with Crippen LogP contribution in [-0.4, -0.2) is 27.3 Å². The fraction of sp³-hybridized carbons (Fsp3) is 0.267. The molecule has 116 valence electrons. The number of carbonyl (C=O) groups is 2. The molecule has 22 heavy (non-hydrogen) atoms. The van der Waals surface area contributed by atoms with Gasteiger partial charge in [0, 0.05) is 5.75 Å². The van der Waals surface area contributed by atoms with Gasteiger partial charge in [0.25, 0.3) is 5.91 Å². The molecule has 0 saturated heterocycles. The molecular weight excluding hydrogens is 300 g/mol. The Kier molecular flexibility index (Phi) is 5.21. The van der Waals surface area contributed by atoms with Crippen molar-refractivity contribution in [2.75, 3.05) is 5.32 Å². The van der Waals surface area contributed by atoms with Crippen molar-refractivity contribution in [1.29, 1.82) is 0 Å². The fourth-order valence-electron chi connectivity index (χ4n) is 1.86. The Morgan fingerprint density at radius 2 is 2.05 bits per heavy atom. The Labute approximate surface area is 132 Å². The van der Waals surface area contributed by atoms with Gasteiger partial charge >= 0.3 is 0 Å². The average Bonchev–Trinajstić information content (AvgIpc) is 2.87. The van der Waals surface area contributed by atoms with Crippen molar-refractivity contribution >= 4 is 29.3 Å². The van der Waals surface area contributed by atoms with Gasteiger partial charge in [-0.05, 0) is 19.4 Å². The number of hydrogen-bond donors (Lipinski definition) is 3. The number of aryl methyl sites for hydroxylation is 1. The number of nitrogens with zero attached hydrogens (tertiary/aromatic N) is 1. The van der Waals surface area contributed by atoms with Gasteiger partial charge in [0.2, 0.25) is 5.91 Å². The van der Waals surface area contributed by atoms with Crippen LogP contribution in [0.5, 0.6) is 0 Å². The van der Waals surface area contributed by atoms with Crippen molar-refractivity contribution in [3.8, 4) is 0 Å². The smallest absolute Gasteiger partial charge is 0.271 e. The molecule has 2 amide bonds. The average molecular weight is 318 g/mol. The van der Waals surface area contributed by atoms with E-state index in [1.165, 1.54) is 11.8 Å². The zero-order chi connectivity index (χ0) is 16.1. The van der Waals surface area contributed by atoms with Crippen LogP contribution in [0, 0.1) is 6.92 Å². The number of nitrogens with two attached hydrogens (primary N) is 1. The van der Waals surface area contributed by atoms with Crippen molar-refractivity contribution < 1.29 is 9.59 Å². The molecule has 1 heterocycles. The van der Waals surface area contributed by atoms with E-state index in [1.807, 2.05) is 37.3 Å². The summed E-state index contributed by atoms with van der Waals surface area (Å²) in [6, 6.07) is 9.92. The molecule has 0 fully saturated rings. The molecule has 0 saturated carbocycles. The van der Waals surface area contributed by atoms with Crippen LogP contribution in [0.1, 0.15) is 28.7 Å². The topological polar surface area (TPSA) is 101 Å². The largest absolute Gasteiger partial charge is 0.364 e. The van der Waals surface area contributed by atoms with Gasteiger partial charge in [-0.25, -0.2) is 0 Å². The zero-order valence-electron chi connectivity index (χ0n) is 12.4. The zero-order valence-corrected chi connectivity index (χ0v) is 13.2. The lowest BCUT2D eigenvalue weighted by Crippen LogP contribution is -2.24. The molecule has 0 spiro atoms. The Hall–Kier alpha value is -2.28. The molecule has 0 aliphatic rings. The predicted molar refractivity (Wildman–Crippen MR) is 87.7 cm³/mol. The van der Waals surface area contributed by atoms with Crippen LogP contribution in [0.2, 0.25) is 0 Å². The summed E-state index contributed by atoms with van der Waals surface area (Å²) in [5, 5.41) is 8.90. The summed E-state index contributed by atoms with van der Waals surface area (Å²) < 4.78 is 0. The minimum atomic E-state index is -0.677. The molecule has 1 unspecified atom stereocenters. The summed E-state index contributed by atoms with van der Waals surface area (Å²) >= 11 is 1.52. The number of hydrogen-bond acceptors (Lipinski definition) is 4. The highest BCUT2D eigenvalue weighted by Crippen LogP contribution is 2.21. The molecule has 4 N–H and O–H groups in total. The van der Waals surface area contributed by atoms with E-state index in [9.17, 15) is 9.59 Å². The number of carbonyl (C=O) groups excluding carboxylic acids is 2. The van der Waals surface area contributed by atoms with Gasteiger partial charge < -0.3 is 11.1 Å². The van der Waals surface area contributed by atoms with Crippen molar-refractivity contribution in [3.05, 3.63) is 47.3 Å². The summed E-state index contributed by atoms with van der Waals surface area (Å²) in [5.74, 6) is -0.125. The molecule has 0 bridgehead atoms. The van der Waals surface area contributed by atoms with E-state index in [1.54, 1.807) is 6.92 Å². The van der Waals surface area contributed by atoms with Crippen molar-refractivity contribution in [1.82, 2.24) is 10.2 Å². The highest BCUT2D eigenvalue weighted by atomic mass is 32.2. The van der Waals surface area contributed by atoms with Crippen LogP contribution < -0.4 is 11.1 Å². The van der Waals surface area contributed by atoms with Gasteiger partial charge in [-0.1, -0.05) is 30.3 Å². The summed E-state index contributed by atoms with van der Waals surface area (Å²) in [6.07, 6.45) is 0. The van der Waals surface area contributed by atoms with Crippen LogP contribution in [0.4, 0.5) is 5.69 Å². The van der Waals surface area contributed by atoms with Gasteiger partial charge in [-0.2, -0.15) is 5.10 Å². The van der Waals surface area contributed by atoms with Crippen LogP contribution in [0.15, 0.2) is 30.3 Å². The van der Waals surface area contributed by atoms with E-state index in [2.05, 4.69) is 15.5 Å². The summed E-state index contributed by atoms with van der Waals surface area (Å²) in [6.45, 7) is 3.54. The first kappa shape index (κ1) is 16.1. The molecular formula is C15H18N4O2S. The number of H-pyrrole nitrogens is 1. The number of nitrogens with one attached hydrogen (secondary N) is 2. The first-order valence-electron chi connectivity index (χ1n) is 6.80. The molecule has 7 heteroatoms. The number of aromatic nitrogens is 2. The normalized spacial score (nSPS) is 11.9. The van der Waals surface area contributed by atoms with Gasteiger partial charge in [-0.15, -0.1) is 11.8 Å². The van der Waals surface area contributed by atoms with Gasteiger partial charge in [0.1, 0.15) is 0 Å². The third kappa shape index (κ3) is 3.88. The molecule has 2 aromatic rings. The number of aromatic amines is 1. The second kappa shape index (κ2) is 7.13. The third-order valence-corrected chi connectivity index (χ3v) is 4.35. The molecule has 0 radical (unpaired) electrons. The minimum absolute atomic E-state index is 0.0473. The van der Waals surface area contributed by atoms with Crippen LogP contribution >= 0.6 is 11.8 Å². The lowest BCUT2D eigenvalue weighted by atomic mass is 10.2. The molecule has 6 nitrogen and oxygen atoms in total. The quantitative estimate of drug-likeness (QED) is 0.759. The van der Waals surface area contributed by atoms with Crippen molar-refractivity contribution in [2.45, 2.75) is 24.9 Å². The van der Waals surface area contributed by atoms with Crippen LogP contribution in [0.3, 0.4) is 0 Å². The Bertz CT molecular complexity index is 669. The van der Waals surface area contributed by atoms with E-state index in [4.69, 9.17) is 5.73 Å². The SMILES string of the molecule is Cc1[nH]nc(C(N)=O)c1NC(=O)C(C)SCc1ccccc1. The van der Waals surface area contributed by atoms with Crippen molar-refractivity contribution in [3.63, 3.8) is 0 Å². The van der Waals surface area contributed by atoms with Gasteiger partial charge in [0.15, 0.2) is 5.69 Å². The standard InChI is InChI=1S/C15H18N4O2S/c1-9-12(13(14(16)20)19-18-9)17-15(21)10(2)22-8-11-6-4-3-5-7-11/h3-7,10H,8H2,1-2H3,(H2,16,20)(H,17,21)(H,18,19). The first-order chi connectivity index (χ1) is 10.5. The minimum Gasteiger partial charge on any atom is -0.364 e. The van der Waals surface area contributed by atoms with Crippen LogP contribution in [-0.2, 0) is 10.5 Å². The van der Waals surface area contributed by atoms with Gasteiger partial charge in [-0.3, -0.25) is 14.7 Å². The summed E-state index contributed by atoms with van der Waals surface area (Å²) in [4.78, 5) is 23.5. The Morgan fingerprint density at radius 3 is 2.68 bits per heavy atom. The number of thioether (sulfide) groups is 1. The van der Waals surface area contributed by atoms with E-state index in [0.717, 1.165) is 11.3 Å². The summed E-state index contributed by atoms with van der Waals surface area (Å²) in [5.41, 5.74) is 7.39. The monoisotopic (exact) mass is 318 g/mol.